The molecule has 0 aliphatic carbocycles. The number of hydrogen-bond donors (Lipinski definition) is 3. The molecule has 3 N–H and O–H groups in total. The summed E-state index contributed by atoms with van der Waals surface area (Å²) >= 11 is 0. The number of aromatic nitrogens is 2. The third-order valence-corrected chi connectivity index (χ3v) is 5.30. The van der Waals surface area contributed by atoms with Crippen molar-refractivity contribution in [2.24, 2.45) is 15.9 Å². The van der Waals surface area contributed by atoms with E-state index in [1.165, 1.54) is 12.1 Å². The van der Waals surface area contributed by atoms with Crippen molar-refractivity contribution < 1.29 is 4.39 Å². The molecule has 2 aromatic rings. The lowest BCUT2D eigenvalue weighted by molar-refractivity contribution is 0.295. The lowest BCUT2D eigenvalue weighted by atomic mass is 9.99. The Bertz CT molecular complexity index is 1030. The minimum Gasteiger partial charge on any atom is -0.354 e. The second-order valence-electron chi connectivity index (χ2n) is 7.86. The van der Waals surface area contributed by atoms with Gasteiger partial charge < -0.3 is 15.5 Å². The molecule has 4 rings (SSSR count). The minimum absolute atomic E-state index is 0.177. The molecule has 0 radical (unpaired) electrons. The van der Waals surface area contributed by atoms with Crippen molar-refractivity contribution in [2.75, 3.05) is 31.5 Å². The van der Waals surface area contributed by atoms with Crippen molar-refractivity contribution in [3.8, 4) is 0 Å². The van der Waals surface area contributed by atoms with Gasteiger partial charge in [-0.1, -0.05) is 25.1 Å². The van der Waals surface area contributed by atoms with Crippen molar-refractivity contribution >= 4 is 23.6 Å². The van der Waals surface area contributed by atoms with E-state index in [0.717, 1.165) is 55.4 Å². The van der Waals surface area contributed by atoms with E-state index >= 15 is 0 Å². The van der Waals surface area contributed by atoms with Crippen LogP contribution in [-0.4, -0.2) is 52.9 Å². The number of nitrogens with one attached hydrogen (secondary N) is 3. The highest BCUT2D eigenvalue weighted by Crippen LogP contribution is 2.19. The van der Waals surface area contributed by atoms with Gasteiger partial charge in [0.25, 0.3) is 0 Å². The Morgan fingerprint density at radius 1 is 1.16 bits per heavy atom. The molecule has 0 spiro atoms. The van der Waals surface area contributed by atoms with Gasteiger partial charge in [-0.05, 0) is 43.2 Å². The van der Waals surface area contributed by atoms with Gasteiger partial charge in [0.05, 0.1) is 0 Å². The van der Waals surface area contributed by atoms with Gasteiger partial charge in [0.2, 0.25) is 5.96 Å². The van der Waals surface area contributed by atoms with Crippen molar-refractivity contribution in [1.29, 1.82) is 0 Å². The van der Waals surface area contributed by atoms with Gasteiger partial charge in [0.15, 0.2) is 5.82 Å². The van der Waals surface area contributed by atoms with Crippen molar-refractivity contribution in [2.45, 2.75) is 20.3 Å². The third-order valence-electron chi connectivity index (χ3n) is 5.30. The molecule has 2 aliphatic heterocycles. The Morgan fingerprint density at radius 3 is 2.74 bits per heavy atom. The maximum atomic E-state index is 13.5. The van der Waals surface area contributed by atoms with E-state index < -0.39 is 0 Å². The number of anilines is 1. The number of aliphatic imine (C=N–C) groups is 2. The Balaban J connectivity index is 1.65. The lowest BCUT2D eigenvalue weighted by Crippen LogP contribution is -2.43. The van der Waals surface area contributed by atoms with Crippen LogP contribution in [0.1, 0.15) is 24.6 Å². The molecule has 162 valence electrons. The molecule has 1 saturated heterocycles. The maximum absolute atomic E-state index is 13.5. The summed E-state index contributed by atoms with van der Waals surface area (Å²) in [5.74, 6) is 2.01. The first kappa shape index (κ1) is 21.0. The summed E-state index contributed by atoms with van der Waals surface area (Å²) in [4.78, 5) is 12.0. The van der Waals surface area contributed by atoms with E-state index in [-0.39, 0.29) is 11.7 Å². The van der Waals surface area contributed by atoms with Gasteiger partial charge in [-0.3, -0.25) is 5.10 Å². The normalized spacial score (nSPS) is 25.1. The summed E-state index contributed by atoms with van der Waals surface area (Å²) in [6, 6.07) is 8.44. The fraction of sp³-hybridized carbons (Fsp3) is 0.348. The van der Waals surface area contributed by atoms with Crippen molar-refractivity contribution in [1.82, 2.24) is 20.4 Å². The molecule has 3 heterocycles. The van der Waals surface area contributed by atoms with Gasteiger partial charge in [-0.25, -0.2) is 9.38 Å². The molecular formula is C23H28FN7. The number of nitrogens with zero attached hydrogens (tertiary/aromatic N) is 4. The Morgan fingerprint density at radius 2 is 2.00 bits per heavy atom. The first-order valence-electron chi connectivity index (χ1n) is 10.6. The number of piperazine rings is 1. The van der Waals surface area contributed by atoms with Gasteiger partial charge in [-0.15, -0.1) is 0 Å². The zero-order chi connectivity index (χ0) is 21.6. The Kier molecular flexibility index (Phi) is 6.57. The fourth-order valence-corrected chi connectivity index (χ4v) is 3.55. The van der Waals surface area contributed by atoms with E-state index in [4.69, 9.17) is 9.98 Å². The minimum atomic E-state index is -0.253. The topological polar surface area (TPSA) is 80.7 Å². The second-order valence-corrected chi connectivity index (χ2v) is 7.86. The van der Waals surface area contributed by atoms with Crippen LogP contribution in [0.25, 0.3) is 6.08 Å². The number of guanidine groups is 1. The number of benzene rings is 1. The van der Waals surface area contributed by atoms with Crippen LogP contribution in [0.15, 0.2) is 58.3 Å². The molecular weight excluding hydrogens is 393 g/mol. The molecule has 0 bridgehead atoms. The third kappa shape index (κ3) is 5.67. The molecule has 0 saturated carbocycles. The van der Waals surface area contributed by atoms with E-state index in [0.29, 0.717) is 11.8 Å². The first-order valence-corrected chi connectivity index (χ1v) is 10.6. The zero-order valence-electron chi connectivity index (χ0n) is 17.9. The Labute approximate surface area is 181 Å². The van der Waals surface area contributed by atoms with Crippen LogP contribution in [0.4, 0.5) is 10.2 Å². The van der Waals surface area contributed by atoms with Crippen LogP contribution in [0, 0.1) is 18.7 Å². The quantitative estimate of drug-likeness (QED) is 0.705. The van der Waals surface area contributed by atoms with Crippen molar-refractivity contribution in [3.63, 3.8) is 0 Å². The summed E-state index contributed by atoms with van der Waals surface area (Å²) in [7, 11) is 0. The summed E-state index contributed by atoms with van der Waals surface area (Å²) in [5, 5.41) is 13.8. The van der Waals surface area contributed by atoms with Crippen molar-refractivity contribution in [3.05, 3.63) is 65.4 Å². The van der Waals surface area contributed by atoms with Crippen LogP contribution in [0.5, 0.6) is 0 Å². The number of allylic oxidation sites excluding steroid dienone is 2. The molecule has 31 heavy (non-hydrogen) atoms. The van der Waals surface area contributed by atoms with Crippen LogP contribution in [-0.2, 0) is 0 Å². The summed E-state index contributed by atoms with van der Waals surface area (Å²) in [6.45, 7) is 7.79. The monoisotopic (exact) mass is 421 g/mol. The first-order chi connectivity index (χ1) is 15.1. The average molecular weight is 422 g/mol. The molecule has 1 fully saturated rings. The highest BCUT2D eigenvalue weighted by Gasteiger charge is 2.18. The van der Waals surface area contributed by atoms with Crippen LogP contribution in [0.2, 0.25) is 0 Å². The molecule has 1 unspecified atom stereocenters. The molecule has 2 aliphatic rings. The number of rotatable bonds is 4. The number of aryl methyl sites for hydroxylation is 1. The second kappa shape index (κ2) is 9.70. The predicted molar refractivity (Wildman–Crippen MR) is 124 cm³/mol. The summed E-state index contributed by atoms with van der Waals surface area (Å²) in [5.41, 5.74) is 2.62. The summed E-state index contributed by atoms with van der Waals surface area (Å²) in [6.07, 6.45) is 6.83. The molecule has 1 aromatic carbocycles. The molecule has 0 amide bonds. The number of aromatic amines is 1. The molecule has 1 atom stereocenters. The smallest absolute Gasteiger partial charge is 0.230 e. The SMILES string of the molecule is Cc1cc(NC2=N/C(N3CCNCC3)=C/CC(C)C(/C=C/c3cccc(F)c3)=N\2)n[nH]1. The highest BCUT2D eigenvalue weighted by molar-refractivity contribution is 6.09. The number of halogens is 1. The maximum Gasteiger partial charge on any atom is 0.230 e. The number of hydrogen-bond acceptors (Lipinski definition) is 6. The highest BCUT2D eigenvalue weighted by atomic mass is 19.1. The molecule has 1 aromatic heterocycles. The number of H-pyrrole nitrogens is 1. The largest absolute Gasteiger partial charge is 0.354 e. The van der Waals surface area contributed by atoms with Gasteiger partial charge in [0, 0.05) is 49.6 Å². The average Bonchev–Trinajstić information content (AvgIpc) is 3.17. The van der Waals surface area contributed by atoms with E-state index in [2.05, 4.69) is 38.7 Å². The standard InChI is InChI=1S/C23H28FN7/c1-16-6-9-22(31-12-10-25-11-13-31)28-23(27-21-14-17(2)29-30-21)26-20(16)8-7-18-4-3-5-19(24)15-18/h3-5,7-9,14-16,25H,6,10-13H2,1-2H3,(H2,27,28,29,30)/b8-7+,22-9-,26-20-. The van der Waals surface area contributed by atoms with E-state index in [1.54, 1.807) is 6.07 Å². The zero-order valence-corrected chi connectivity index (χ0v) is 17.9. The molecule has 7 nitrogen and oxygen atoms in total. The van der Waals surface area contributed by atoms with Gasteiger partial charge in [-0.2, -0.15) is 10.1 Å². The lowest BCUT2D eigenvalue weighted by Gasteiger charge is -2.30. The van der Waals surface area contributed by atoms with Crippen LogP contribution < -0.4 is 10.6 Å². The van der Waals surface area contributed by atoms with Crippen LogP contribution in [0.3, 0.4) is 0 Å². The van der Waals surface area contributed by atoms with E-state index in [9.17, 15) is 4.39 Å². The predicted octanol–water partition coefficient (Wildman–Crippen LogP) is 3.57. The van der Waals surface area contributed by atoms with Crippen LogP contribution >= 0.6 is 0 Å². The summed E-state index contributed by atoms with van der Waals surface area (Å²) < 4.78 is 13.5. The fourth-order valence-electron chi connectivity index (χ4n) is 3.55. The molecule has 8 heteroatoms. The van der Waals surface area contributed by atoms with Gasteiger partial charge >= 0.3 is 0 Å². The van der Waals surface area contributed by atoms with E-state index in [1.807, 2.05) is 31.2 Å². The Hall–Kier alpha value is -3.26. The van der Waals surface area contributed by atoms with Gasteiger partial charge in [0.1, 0.15) is 11.6 Å².